The fourth-order valence-corrected chi connectivity index (χ4v) is 3.00. The van der Waals surface area contributed by atoms with E-state index in [9.17, 15) is 4.79 Å². The van der Waals surface area contributed by atoms with Crippen LogP contribution in [0.5, 0.6) is 0 Å². The summed E-state index contributed by atoms with van der Waals surface area (Å²) in [5.74, 6) is 0.401. The maximum absolute atomic E-state index is 12.1. The number of aromatic nitrogens is 3. The highest BCUT2D eigenvalue weighted by Crippen LogP contribution is 2.23. The van der Waals surface area contributed by atoms with Crippen molar-refractivity contribution in [2.75, 3.05) is 13.1 Å². The smallest absolute Gasteiger partial charge is 0.410 e. The van der Waals surface area contributed by atoms with Gasteiger partial charge in [0.1, 0.15) is 5.60 Å². The second-order valence-electron chi connectivity index (χ2n) is 7.25. The zero-order chi connectivity index (χ0) is 16.6. The predicted octanol–water partition coefficient (Wildman–Crippen LogP) is 2.84. The van der Waals surface area contributed by atoms with Crippen molar-refractivity contribution in [3.63, 3.8) is 0 Å². The molecule has 2 aromatic rings. The van der Waals surface area contributed by atoms with Gasteiger partial charge in [-0.25, -0.2) is 9.78 Å². The molecule has 1 atom stereocenters. The molecule has 0 N–H and O–H groups in total. The number of aryl methyl sites for hydroxylation is 1. The van der Waals surface area contributed by atoms with Gasteiger partial charge in [-0.15, -0.1) is 0 Å². The molecule has 124 valence electrons. The highest BCUT2D eigenvalue weighted by atomic mass is 16.6. The van der Waals surface area contributed by atoms with Crippen LogP contribution in [0.4, 0.5) is 4.79 Å². The van der Waals surface area contributed by atoms with Crippen LogP contribution in [-0.4, -0.2) is 44.1 Å². The van der Waals surface area contributed by atoms with Crippen molar-refractivity contribution < 1.29 is 9.53 Å². The Kier molecular flexibility index (Phi) is 4.00. The minimum Gasteiger partial charge on any atom is -0.444 e. The van der Waals surface area contributed by atoms with Crippen LogP contribution in [0, 0.1) is 12.8 Å². The van der Waals surface area contributed by atoms with Gasteiger partial charge in [-0.05, 0) is 46.5 Å². The van der Waals surface area contributed by atoms with Gasteiger partial charge in [-0.2, -0.15) is 0 Å². The van der Waals surface area contributed by atoms with E-state index in [0.29, 0.717) is 5.92 Å². The highest BCUT2D eigenvalue weighted by Gasteiger charge is 2.30. The summed E-state index contributed by atoms with van der Waals surface area (Å²) in [4.78, 5) is 22.9. The minimum atomic E-state index is -0.449. The monoisotopic (exact) mass is 316 g/mol. The van der Waals surface area contributed by atoms with E-state index in [4.69, 9.17) is 4.74 Å². The number of imidazole rings is 1. The first kappa shape index (κ1) is 15.8. The Morgan fingerprint density at radius 1 is 1.39 bits per heavy atom. The Labute approximate surface area is 136 Å². The molecule has 1 aliphatic heterocycles. The molecule has 1 fully saturated rings. The number of carbonyl (C=O) groups is 1. The van der Waals surface area contributed by atoms with E-state index < -0.39 is 5.60 Å². The third-order valence-corrected chi connectivity index (χ3v) is 4.11. The maximum atomic E-state index is 12.1. The number of hydrogen-bond donors (Lipinski definition) is 0. The number of rotatable bonds is 2. The van der Waals surface area contributed by atoms with Crippen LogP contribution >= 0.6 is 0 Å². The molecule has 3 rings (SSSR count). The minimum absolute atomic E-state index is 0.220. The topological polar surface area (TPSA) is 59.7 Å². The number of nitrogens with zero attached hydrogens (tertiary/aromatic N) is 4. The van der Waals surface area contributed by atoms with Gasteiger partial charge >= 0.3 is 6.09 Å². The van der Waals surface area contributed by atoms with E-state index in [-0.39, 0.29) is 6.09 Å². The number of hydrogen-bond acceptors (Lipinski definition) is 4. The molecular weight excluding hydrogens is 292 g/mol. The largest absolute Gasteiger partial charge is 0.444 e. The SMILES string of the molecule is Cc1cnc2c(C[C@H]3CCN(C(=O)OC(C)(C)C)C3)nccn12. The number of amides is 1. The summed E-state index contributed by atoms with van der Waals surface area (Å²) >= 11 is 0. The van der Waals surface area contributed by atoms with Gasteiger partial charge in [0.25, 0.3) is 0 Å². The Balaban J connectivity index is 1.67. The van der Waals surface area contributed by atoms with Gasteiger partial charge in [0.15, 0.2) is 5.65 Å². The van der Waals surface area contributed by atoms with Crippen LogP contribution < -0.4 is 0 Å². The van der Waals surface area contributed by atoms with Gasteiger partial charge < -0.3 is 14.0 Å². The van der Waals surface area contributed by atoms with Crippen molar-refractivity contribution in [1.29, 1.82) is 0 Å². The van der Waals surface area contributed by atoms with Crippen molar-refractivity contribution in [3.05, 3.63) is 30.0 Å². The van der Waals surface area contributed by atoms with E-state index in [1.54, 1.807) is 4.90 Å². The van der Waals surface area contributed by atoms with Gasteiger partial charge in [-0.3, -0.25) is 4.98 Å². The lowest BCUT2D eigenvalue weighted by Crippen LogP contribution is -2.35. The van der Waals surface area contributed by atoms with Crippen LogP contribution in [0.25, 0.3) is 5.65 Å². The molecule has 2 aromatic heterocycles. The Morgan fingerprint density at radius 2 is 2.17 bits per heavy atom. The molecule has 1 aliphatic rings. The first-order valence-electron chi connectivity index (χ1n) is 8.09. The summed E-state index contributed by atoms with van der Waals surface area (Å²) in [5.41, 5.74) is 2.57. The standard InChI is InChI=1S/C17H24N4O2/c1-12-10-19-15-14(18-6-8-21(12)15)9-13-5-7-20(11-13)16(22)23-17(2,3)4/h6,8,10,13H,5,7,9,11H2,1-4H3/t13-/m1/s1. The fourth-order valence-electron chi connectivity index (χ4n) is 3.00. The van der Waals surface area contributed by atoms with Gasteiger partial charge in [0.2, 0.25) is 0 Å². The summed E-state index contributed by atoms with van der Waals surface area (Å²) in [6, 6.07) is 0. The molecule has 0 aliphatic carbocycles. The van der Waals surface area contributed by atoms with Crippen molar-refractivity contribution in [2.45, 2.75) is 46.1 Å². The lowest BCUT2D eigenvalue weighted by molar-refractivity contribution is 0.0288. The second-order valence-corrected chi connectivity index (χ2v) is 7.25. The Bertz CT molecular complexity index is 717. The molecule has 0 saturated carbocycles. The third-order valence-electron chi connectivity index (χ3n) is 4.11. The molecule has 0 aromatic carbocycles. The Hall–Kier alpha value is -2.11. The quantitative estimate of drug-likeness (QED) is 0.855. The molecular formula is C17H24N4O2. The van der Waals surface area contributed by atoms with E-state index in [2.05, 4.69) is 14.4 Å². The van der Waals surface area contributed by atoms with Crippen LogP contribution in [0.1, 0.15) is 38.6 Å². The zero-order valence-electron chi connectivity index (χ0n) is 14.2. The summed E-state index contributed by atoms with van der Waals surface area (Å²) in [6.45, 7) is 9.17. The van der Waals surface area contributed by atoms with E-state index in [1.807, 2.05) is 46.3 Å². The second kappa shape index (κ2) is 5.83. The molecule has 23 heavy (non-hydrogen) atoms. The highest BCUT2D eigenvalue weighted by molar-refractivity contribution is 5.68. The van der Waals surface area contributed by atoms with E-state index >= 15 is 0 Å². The number of likely N-dealkylation sites (tertiary alicyclic amines) is 1. The van der Waals surface area contributed by atoms with E-state index in [1.165, 1.54) is 0 Å². The van der Waals surface area contributed by atoms with Crippen molar-refractivity contribution >= 4 is 11.7 Å². The molecule has 1 amide bonds. The van der Waals surface area contributed by atoms with Crippen LogP contribution in [0.3, 0.4) is 0 Å². The van der Waals surface area contributed by atoms with Crippen molar-refractivity contribution in [2.24, 2.45) is 5.92 Å². The number of carbonyl (C=O) groups excluding carboxylic acids is 1. The zero-order valence-corrected chi connectivity index (χ0v) is 14.2. The molecule has 0 radical (unpaired) electrons. The number of ether oxygens (including phenoxy) is 1. The third kappa shape index (κ3) is 3.46. The summed E-state index contributed by atoms with van der Waals surface area (Å²) < 4.78 is 7.51. The summed E-state index contributed by atoms with van der Waals surface area (Å²) in [7, 11) is 0. The average Bonchev–Trinajstić information content (AvgIpc) is 3.06. The molecule has 6 nitrogen and oxygen atoms in total. The predicted molar refractivity (Wildman–Crippen MR) is 87.3 cm³/mol. The lowest BCUT2D eigenvalue weighted by Gasteiger charge is -2.24. The fraction of sp³-hybridized carbons (Fsp3) is 0.588. The normalized spacial score (nSPS) is 18.6. The van der Waals surface area contributed by atoms with Crippen molar-refractivity contribution in [3.8, 4) is 0 Å². The molecule has 0 bridgehead atoms. The average molecular weight is 316 g/mol. The molecule has 0 unspecified atom stereocenters. The van der Waals surface area contributed by atoms with Crippen LogP contribution in [0.2, 0.25) is 0 Å². The number of fused-ring (bicyclic) bond motifs is 1. The van der Waals surface area contributed by atoms with Gasteiger partial charge in [0.05, 0.1) is 5.69 Å². The summed E-state index contributed by atoms with van der Waals surface area (Å²) in [5, 5.41) is 0. The van der Waals surface area contributed by atoms with Gasteiger partial charge in [0, 0.05) is 37.4 Å². The lowest BCUT2D eigenvalue weighted by atomic mass is 10.0. The van der Waals surface area contributed by atoms with Crippen LogP contribution in [0.15, 0.2) is 18.6 Å². The van der Waals surface area contributed by atoms with Crippen molar-refractivity contribution in [1.82, 2.24) is 19.3 Å². The Morgan fingerprint density at radius 3 is 2.91 bits per heavy atom. The molecule has 3 heterocycles. The molecule has 0 spiro atoms. The van der Waals surface area contributed by atoms with Crippen LogP contribution in [-0.2, 0) is 11.2 Å². The maximum Gasteiger partial charge on any atom is 0.410 e. The van der Waals surface area contributed by atoms with Gasteiger partial charge in [-0.1, -0.05) is 0 Å². The first-order chi connectivity index (χ1) is 10.8. The molecule has 6 heteroatoms. The first-order valence-corrected chi connectivity index (χ1v) is 8.09. The summed E-state index contributed by atoms with van der Waals surface area (Å²) in [6.07, 6.45) is 7.20. The van der Waals surface area contributed by atoms with E-state index in [0.717, 1.165) is 43.0 Å². The molecule has 1 saturated heterocycles.